The van der Waals surface area contributed by atoms with Crippen LogP contribution in [0.3, 0.4) is 0 Å². The summed E-state index contributed by atoms with van der Waals surface area (Å²) in [4.78, 5) is 74.0. The van der Waals surface area contributed by atoms with Crippen LogP contribution in [0.15, 0.2) is 0 Å². The normalized spacial score (nSPS) is 19.8. The van der Waals surface area contributed by atoms with Gasteiger partial charge < -0.3 is 41.5 Å². The Bertz CT molecular complexity index is 866. The Morgan fingerprint density at radius 3 is 2.21 bits per heavy atom. The van der Waals surface area contributed by atoms with E-state index in [4.69, 9.17) is 15.6 Å². The topological polar surface area (TPSA) is 217 Å². The zero-order valence-corrected chi connectivity index (χ0v) is 22.4. The van der Waals surface area contributed by atoms with Crippen molar-refractivity contribution in [3.63, 3.8) is 0 Å². The first-order valence-electron chi connectivity index (χ1n) is 12.6. The Morgan fingerprint density at radius 2 is 1.71 bits per heavy atom. The van der Waals surface area contributed by atoms with E-state index in [0.29, 0.717) is 12.8 Å². The Morgan fingerprint density at radius 1 is 1.05 bits per heavy atom. The molecule has 0 saturated carbocycles. The van der Waals surface area contributed by atoms with Gasteiger partial charge in [-0.15, -0.1) is 0 Å². The van der Waals surface area contributed by atoms with Crippen LogP contribution in [-0.4, -0.2) is 102 Å². The molecule has 0 aromatic heterocycles. The summed E-state index contributed by atoms with van der Waals surface area (Å²) in [5.74, 6) is -5.25. The quantitative estimate of drug-likeness (QED) is 0.135. The number of nitrogens with two attached hydrogens (primary N) is 1. The minimum Gasteiger partial charge on any atom is -0.481 e. The Labute approximate surface area is 222 Å². The number of aliphatic carboxylic acids is 2. The number of carboxylic acid groups (broad SMARTS) is 2. The summed E-state index contributed by atoms with van der Waals surface area (Å²) in [6.07, 6.45) is -0.715. The molecule has 0 radical (unpaired) electrons. The van der Waals surface area contributed by atoms with E-state index in [9.17, 15) is 33.9 Å². The summed E-state index contributed by atoms with van der Waals surface area (Å²) in [7, 11) is 3.09. The second-order valence-electron chi connectivity index (χ2n) is 9.90. The Hall–Kier alpha value is -3.26. The smallest absolute Gasteiger partial charge is 0.326 e. The van der Waals surface area contributed by atoms with Gasteiger partial charge in [0.15, 0.2) is 0 Å². The molecule has 1 heterocycles. The lowest BCUT2D eigenvalue weighted by molar-refractivity contribution is -0.144. The molecule has 216 valence electrons. The van der Waals surface area contributed by atoms with Crippen molar-refractivity contribution >= 4 is 35.6 Å². The highest BCUT2D eigenvalue weighted by Crippen LogP contribution is 2.24. The SMILES string of the molecule is CN[C@H](CC(C)C)C(=O)N[C@@H](CCC(=O)O)C(=O)N1CC[C@H](OC)[C@H](CC(=O)N[C@@H](CC(N)=O)C(=O)O)C1. The fourth-order valence-electron chi connectivity index (χ4n) is 4.46. The van der Waals surface area contributed by atoms with Crippen molar-refractivity contribution < 1.29 is 43.7 Å². The number of nitrogens with zero attached hydrogens (tertiary/aromatic N) is 1. The standard InChI is InChI=1S/C24H41N5O9/c1-13(2)9-16(26-3)22(34)28-15(5-6-21(32)33)23(35)29-8-7-18(38-4)14(12-29)10-20(31)27-17(24(36)37)11-19(25)30/h13-18,26H,5-12H2,1-4H3,(H2,25,30)(H,27,31)(H,28,34)(H,32,33)(H,36,37)/t14-,15+,16-,17+,18+/m1/s1. The number of rotatable bonds is 16. The summed E-state index contributed by atoms with van der Waals surface area (Å²) >= 11 is 0. The summed E-state index contributed by atoms with van der Waals surface area (Å²) in [6, 6.07) is -3.13. The third-order valence-corrected chi connectivity index (χ3v) is 6.40. The highest BCUT2D eigenvalue weighted by molar-refractivity contribution is 5.90. The monoisotopic (exact) mass is 543 g/mol. The zero-order chi connectivity index (χ0) is 29.0. The van der Waals surface area contributed by atoms with E-state index in [0.717, 1.165) is 0 Å². The van der Waals surface area contributed by atoms with E-state index in [-0.39, 0.29) is 38.3 Å². The van der Waals surface area contributed by atoms with Crippen LogP contribution in [0.25, 0.3) is 0 Å². The average Bonchev–Trinajstić information content (AvgIpc) is 2.83. The second kappa shape index (κ2) is 15.9. The molecule has 7 N–H and O–H groups in total. The maximum Gasteiger partial charge on any atom is 0.326 e. The van der Waals surface area contributed by atoms with Crippen LogP contribution >= 0.6 is 0 Å². The highest BCUT2D eigenvalue weighted by Gasteiger charge is 2.37. The van der Waals surface area contributed by atoms with Gasteiger partial charge in [0.25, 0.3) is 0 Å². The van der Waals surface area contributed by atoms with E-state index in [1.54, 1.807) is 7.05 Å². The largest absolute Gasteiger partial charge is 0.481 e. The lowest BCUT2D eigenvalue weighted by atomic mass is 9.90. The number of hydrogen-bond donors (Lipinski definition) is 6. The number of ether oxygens (including phenoxy) is 1. The predicted molar refractivity (Wildman–Crippen MR) is 135 cm³/mol. The summed E-state index contributed by atoms with van der Waals surface area (Å²) in [5, 5.41) is 26.3. The second-order valence-corrected chi connectivity index (χ2v) is 9.90. The fraction of sp³-hybridized carbons (Fsp3) is 0.750. The van der Waals surface area contributed by atoms with Gasteiger partial charge in [0.05, 0.1) is 18.6 Å². The highest BCUT2D eigenvalue weighted by atomic mass is 16.5. The van der Waals surface area contributed by atoms with Crippen molar-refractivity contribution in [1.29, 1.82) is 0 Å². The van der Waals surface area contributed by atoms with Gasteiger partial charge in [-0.05, 0) is 32.2 Å². The number of primary amides is 1. The molecule has 1 fully saturated rings. The molecule has 14 nitrogen and oxygen atoms in total. The Kier molecular flexibility index (Phi) is 13.7. The van der Waals surface area contributed by atoms with Crippen molar-refractivity contribution in [2.45, 2.75) is 76.6 Å². The lowest BCUT2D eigenvalue weighted by Crippen LogP contribution is -2.56. The molecule has 38 heavy (non-hydrogen) atoms. The lowest BCUT2D eigenvalue weighted by Gasteiger charge is -2.39. The van der Waals surface area contributed by atoms with Crippen LogP contribution in [0.5, 0.6) is 0 Å². The van der Waals surface area contributed by atoms with Crippen LogP contribution in [-0.2, 0) is 33.5 Å². The van der Waals surface area contributed by atoms with E-state index < -0.39 is 72.1 Å². The average molecular weight is 544 g/mol. The maximum atomic E-state index is 13.4. The molecule has 14 heteroatoms. The fourth-order valence-corrected chi connectivity index (χ4v) is 4.46. The first-order valence-corrected chi connectivity index (χ1v) is 12.6. The summed E-state index contributed by atoms with van der Waals surface area (Å²) in [5.41, 5.74) is 5.05. The molecule has 5 atom stereocenters. The number of piperidine rings is 1. The van der Waals surface area contributed by atoms with Crippen LogP contribution in [0.2, 0.25) is 0 Å². The maximum absolute atomic E-state index is 13.4. The molecule has 0 aliphatic carbocycles. The van der Waals surface area contributed by atoms with Crippen molar-refractivity contribution in [3.8, 4) is 0 Å². The molecule has 1 rings (SSSR count). The molecule has 0 aromatic rings. The molecule has 0 spiro atoms. The van der Waals surface area contributed by atoms with Gasteiger partial charge in [-0.1, -0.05) is 13.8 Å². The number of amides is 4. The van der Waals surface area contributed by atoms with Crippen molar-refractivity contribution in [2.24, 2.45) is 17.6 Å². The van der Waals surface area contributed by atoms with E-state index in [2.05, 4.69) is 16.0 Å². The number of carbonyl (C=O) groups is 6. The molecule has 4 amide bonds. The van der Waals surface area contributed by atoms with Gasteiger partial charge >= 0.3 is 11.9 Å². The summed E-state index contributed by atoms with van der Waals surface area (Å²) in [6.45, 7) is 4.23. The molecular weight excluding hydrogens is 502 g/mol. The van der Waals surface area contributed by atoms with Crippen LogP contribution in [0.4, 0.5) is 0 Å². The number of methoxy groups -OCH3 is 1. The first-order chi connectivity index (χ1) is 17.8. The summed E-state index contributed by atoms with van der Waals surface area (Å²) < 4.78 is 5.47. The van der Waals surface area contributed by atoms with E-state index in [1.165, 1.54) is 12.0 Å². The Balaban J connectivity index is 2.99. The van der Waals surface area contributed by atoms with Gasteiger partial charge in [0.1, 0.15) is 12.1 Å². The van der Waals surface area contributed by atoms with Crippen LogP contribution < -0.4 is 21.7 Å². The van der Waals surface area contributed by atoms with Gasteiger partial charge in [-0.3, -0.25) is 24.0 Å². The number of likely N-dealkylation sites (N-methyl/N-ethyl adjacent to an activating group) is 1. The molecule has 1 aliphatic heterocycles. The third-order valence-electron chi connectivity index (χ3n) is 6.40. The molecule has 1 saturated heterocycles. The van der Waals surface area contributed by atoms with E-state index >= 15 is 0 Å². The number of nitrogens with one attached hydrogen (secondary N) is 3. The number of carbonyl (C=O) groups excluding carboxylic acids is 4. The third kappa shape index (κ3) is 11.0. The van der Waals surface area contributed by atoms with Crippen molar-refractivity contribution in [3.05, 3.63) is 0 Å². The molecule has 0 unspecified atom stereocenters. The van der Waals surface area contributed by atoms with Gasteiger partial charge in [-0.25, -0.2) is 4.79 Å². The molecule has 1 aliphatic rings. The minimum atomic E-state index is -1.48. The van der Waals surface area contributed by atoms with E-state index in [1.807, 2.05) is 13.8 Å². The molecule has 0 bridgehead atoms. The molecular formula is C24H41N5O9. The molecule has 0 aromatic carbocycles. The van der Waals surface area contributed by atoms with Crippen LogP contribution in [0, 0.1) is 11.8 Å². The van der Waals surface area contributed by atoms with Gasteiger partial charge in [-0.2, -0.15) is 0 Å². The van der Waals surface area contributed by atoms with Crippen LogP contribution in [0.1, 0.15) is 52.4 Å². The number of hydrogen-bond acceptors (Lipinski definition) is 8. The van der Waals surface area contributed by atoms with Gasteiger partial charge in [0, 0.05) is 39.0 Å². The zero-order valence-electron chi connectivity index (χ0n) is 22.4. The number of likely N-dealkylation sites (tertiary alicyclic amines) is 1. The predicted octanol–water partition coefficient (Wildman–Crippen LogP) is -1.33. The van der Waals surface area contributed by atoms with Gasteiger partial charge in [0.2, 0.25) is 23.6 Å². The number of carboxylic acids is 2. The first kappa shape index (κ1) is 32.8. The minimum absolute atomic E-state index is 0.0687. The van der Waals surface area contributed by atoms with Crippen molar-refractivity contribution in [1.82, 2.24) is 20.9 Å². The van der Waals surface area contributed by atoms with Crippen molar-refractivity contribution in [2.75, 3.05) is 27.2 Å².